The first kappa shape index (κ1) is 9.87. The van der Waals surface area contributed by atoms with Gasteiger partial charge in [0.2, 0.25) is 0 Å². The average molecular weight is 226 g/mol. The van der Waals surface area contributed by atoms with Crippen molar-refractivity contribution in [2.45, 2.75) is 24.4 Å². The number of fused-ring (bicyclic) bond motifs is 2. The third-order valence-corrected chi connectivity index (χ3v) is 3.42. The van der Waals surface area contributed by atoms with E-state index in [4.69, 9.17) is 28.1 Å². The van der Waals surface area contributed by atoms with Crippen LogP contribution in [0.25, 0.3) is 0 Å². The molecule has 0 bridgehead atoms. The van der Waals surface area contributed by atoms with Crippen LogP contribution < -0.4 is 0 Å². The molecular weight excluding hydrogens is 214 g/mol. The van der Waals surface area contributed by atoms with Crippen molar-refractivity contribution in [1.29, 1.82) is 0 Å². The SMILES string of the molecule is C1OCC2OB(B3OC4COCC4O3)OC12. The molecule has 0 aromatic heterocycles. The first-order chi connectivity index (χ1) is 7.90. The molecule has 0 spiro atoms. The van der Waals surface area contributed by atoms with E-state index in [2.05, 4.69) is 0 Å². The third-order valence-electron chi connectivity index (χ3n) is 3.42. The Balaban J connectivity index is 1.41. The Bertz CT molecular complexity index is 240. The molecule has 0 N–H and O–H groups in total. The zero-order chi connectivity index (χ0) is 10.5. The quantitative estimate of drug-likeness (QED) is 0.516. The van der Waals surface area contributed by atoms with Gasteiger partial charge in [0.25, 0.3) is 0 Å². The normalized spacial score (nSPS) is 46.5. The van der Waals surface area contributed by atoms with E-state index in [1.54, 1.807) is 0 Å². The summed E-state index contributed by atoms with van der Waals surface area (Å²) in [5.74, 6) is 0. The Labute approximate surface area is 93.7 Å². The predicted octanol–water partition coefficient (Wildman–Crippen LogP) is -1.33. The Morgan fingerprint density at radius 1 is 0.562 bits per heavy atom. The second-order valence-corrected chi connectivity index (χ2v) is 4.51. The highest BCUT2D eigenvalue weighted by atomic mass is 16.7. The van der Waals surface area contributed by atoms with Gasteiger partial charge in [-0.1, -0.05) is 0 Å². The summed E-state index contributed by atoms with van der Waals surface area (Å²) in [5.41, 5.74) is 0. The van der Waals surface area contributed by atoms with Crippen molar-refractivity contribution in [3.05, 3.63) is 0 Å². The van der Waals surface area contributed by atoms with Crippen molar-refractivity contribution in [2.24, 2.45) is 0 Å². The van der Waals surface area contributed by atoms with Gasteiger partial charge >= 0.3 is 14.0 Å². The van der Waals surface area contributed by atoms with Crippen LogP contribution in [0.5, 0.6) is 0 Å². The lowest BCUT2D eigenvalue weighted by Crippen LogP contribution is -2.41. The number of hydrogen-bond donors (Lipinski definition) is 0. The summed E-state index contributed by atoms with van der Waals surface area (Å²) in [7, 11) is -0.825. The molecule has 4 fully saturated rings. The molecule has 4 atom stereocenters. The van der Waals surface area contributed by atoms with E-state index in [0.717, 1.165) is 0 Å². The monoisotopic (exact) mass is 226 g/mol. The second kappa shape index (κ2) is 3.69. The number of rotatable bonds is 1. The molecule has 0 amide bonds. The molecule has 86 valence electrons. The molecular formula is C8H12B2O6. The van der Waals surface area contributed by atoms with Crippen LogP contribution in [0.15, 0.2) is 0 Å². The van der Waals surface area contributed by atoms with Crippen LogP contribution in [-0.4, -0.2) is 64.9 Å². The van der Waals surface area contributed by atoms with Crippen molar-refractivity contribution in [1.82, 2.24) is 0 Å². The fourth-order valence-corrected chi connectivity index (χ4v) is 2.55. The second-order valence-electron chi connectivity index (χ2n) is 4.51. The summed E-state index contributed by atoms with van der Waals surface area (Å²) in [6.07, 6.45) is 0.144. The fourth-order valence-electron chi connectivity index (χ4n) is 2.55. The van der Waals surface area contributed by atoms with Crippen LogP contribution in [0.3, 0.4) is 0 Å². The van der Waals surface area contributed by atoms with Crippen LogP contribution in [0.4, 0.5) is 0 Å². The summed E-state index contributed by atoms with van der Waals surface area (Å²) < 4.78 is 33.3. The highest BCUT2D eigenvalue weighted by molar-refractivity contribution is 7.11. The van der Waals surface area contributed by atoms with Crippen molar-refractivity contribution in [3.63, 3.8) is 0 Å². The van der Waals surface area contributed by atoms with Gasteiger partial charge in [0.1, 0.15) is 0 Å². The summed E-state index contributed by atoms with van der Waals surface area (Å²) in [4.78, 5) is 0. The first-order valence-electron chi connectivity index (χ1n) is 5.67. The van der Waals surface area contributed by atoms with Crippen LogP contribution >= 0.6 is 0 Å². The van der Waals surface area contributed by atoms with Gasteiger partial charge in [-0.15, -0.1) is 0 Å². The topological polar surface area (TPSA) is 55.4 Å². The first-order valence-corrected chi connectivity index (χ1v) is 5.67. The molecule has 4 heterocycles. The lowest BCUT2D eigenvalue weighted by Gasteiger charge is -2.11. The molecule has 6 nitrogen and oxygen atoms in total. The predicted molar refractivity (Wildman–Crippen MR) is 52.6 cm³/mol. The summed E-state index contributed by atoms with van der Waals surface area (Å²) in [6.45, 7) is 2.40. The summed E-state index contributed by atoms with van der Waals surface area (Å²) >= 11 is 0. The highest BCUT2D eigenvalue weighted by Crippen LogP contribution is 2.29. The van der Waals surface area contributed by atoms with E-state index in [1.807, 2.05) is 0 Å². The van der Waals surface area contributed by atoms with Crippen LogP contribution in [0, 0.1) is 0 Å². The zero-order valence-corrected chi connectivity index (χ0v) is 8.74. The minimum absolute atomic E-state index is 0.0360. The smallest absolute Gasteiger partial charge is 0.405 e. The maximum atomic E-state index is 5.70. The molecule has 0 aliphatic carbocycles. The highest BCUT2D eigenvalue weighted by Gasteiger charge is 2.57. The van der Waals surface area contributed by atoms with E-state index in [1.165, 1.54) is 0 Å². The van der Waals surface area contributed by atoms with E-state index in [9.17, 15) is 0 Å². The van der Waals surface area contributed by atoms with Gasteiger partial charge in [-0.3, -0.25) is 0 Å². The molecule has 4 aliphatic heterocycles. The Morgan fingerprint density at radius 3 is 1.19 bits per heavy atom. The molecule has 8 heteroatoms. The number of hydrogen-bond acceptors (Lipinski definition) is 6. The molecule has 4 saturated heterocycles. The van der Waals surface area contributed by atoms with Gasteiger partial charge in [0.05, 0.1) is 50.8 Å². The molecule has 0 radical (unpaired) electrons. The molecule has 4 aliphatic rings. The van der Waals surface area contributed by atoms with Crippen LogP contribution in [0.2, 0.25) is 0 Å². The van der Waals surface area contributed by atoms with Gasteiger partial charge in [0.15, 0.2) is 0 Å². The lowest BCUT2D eigenvalue weighted by atomic mass is 9.49. The van der Waals surface area contributed by atoms with E-state index in [-0.39, 0.29) is 24.4 Å². The van der Waals surface area contributed by atoms with Gasteiger partial charge in [-0.25, -0.2) is 0 Å². The van der Waals surface area contributed by atoms with Gasteiger partial charge in [0, 0.05) is 0 Å². The average Bonchev–Trinajstić information content (AvgIpc) is 2.94. The van der Waals surface area contributed by atoms with Gasteiger partial charge in [-0.2, -0.15) is 0 Å². The fraction of sp³-hybridized carbons (Fsp3) is 1.00. The standard InChI is InChI=1S/C8H12B2O6/c1-5-6(2-11-1)14-9(13-5)10-15-7-3-12-4-8(7)16-10/h5-8H,1-4H2. The minimum atomic E-state index is -0.413. The molecule has 16 heavy (non-hydrogen) atoms. The van der Waals surface area contributed by atoms with E-state index >= 15 is 0 Å². The lowest BCUT2D eigenvalue weighted by molar-refractivity contribution is 0.117. The van der Waals surface area contributed by atoms with Gasteiger partial charge in [-0.05, 0) is 0 Å². The van der Waals surface area contributed by atoms with Crippen molar-refractivity contribution in [3.8, 4) is 0 Å². The molecule has 4 unspecified atom stereocenters. The zero-order valence-electron chi connectivity index (χ0n) is 8.74. The molecule has 0 aromatic rings. The molecule has 4 rings (SSSR count). The number of ether oxygens (including phenoxy) is 2. The molecule has 0 saturated carbocycles. The molecule has 0 aromatic carbocycles. The van der Waals surface area contributed by atoms with E-state index < -0.39 is 14.0 Å². The van der Waals surface area contributed by atoms with E-state index in [0.29, 0.717) is 26.4 Å². The Kier molecular flexibility index (Phi) is 2.28. The van der Waals surface area contributed by atoms with Crippen molar-refractivity contribution in [2.75, 3.05) is 26.4 Å². The van der Waals surface area contributed by atoms with Gasteiger partial charge < -0.3 is 28.1 Å². The summed E-state index contributed by atoms with van der Waals surface area (Å²) in [5, 5.41) is 0. The maximum Gasteiger partial charge on any atom is 0.488 e. The Morgan fingerprint density at radius 2 is 0.875 bits per heavy atom. The maximum absolute atomic E-state index is 5.70. The Hall–Kier alpha value is -0.110. The largest absolute Gasteiger partial charge is 0.488 e. The third kappa shape index (κ3) is 1.45. The van der Waals surface area contributed by atoms with Crippen LogP contribution in [-0.2, 0) is 28.1 Å². The van der Waals surface area contributed by atoms with Crippen LogP contribution in [0.1, 0.15) is 0 Å². The van der Waals surface area contributed by atoms with Crippen molar-refractivity contribution >= 4 is 14.0 Å². The summed E-state index contributed by atoms with van der Waals surface area (Å²) in [6, 6.07) is 0. The van der Waals surface area contributed by atoms with Crippen molar-refractivity contribution < 1.29 is 28.1 Å². The minimum Gasteiger partial charge on any atom is -0.405 e.